The molecule has 1 fully saturated rings. The van der Waals surface area contributed by atoms with Crippen LogP contribution in [0, 0.1) is 5.92 Å². The molecule has 2 atom stereocenters. The Morgan fingerprint density at radius 3 is 2.41 bits per heavy atom. The fourth-order valence-electron chi connectivity index (χ4n) is 6.02. The van der Waals surface area contributed by atoms with Crippen LogP contribution >= 0.6 is 0 Å². The highest BCUT2D eigenvalue weighted by Crippen LogP contribution is 2.22. The highest BCUT2D eigenvalue weighted by Gasteiger charge is 2.34. The zero-order valence-electron chi connectivity index (χ0n) is 20.7. The van der Waals surface area contributed by atoms with Gasteiger partial charge in [0.05, 0.1) is 46.3 Å². The van der Waals surface area contributed by atoms with Crippen LogP contribution in [-0.2, 0) is 12.8 Å². The van der Waals surface area contributed by atoms with Crippen LogP contribution < -0.4 is 9.80 Å². The Kier molecular flexibility index (Phi) is 6.98. The number of hydrogen-bond donors (Lipinski definition) is 2. The van der Waals surface area contributed by atoms with Crippen LogP contribution in [0.1, 0.15) is 34.3 Å². The molecule has 2 unspecified atom stereocenters. The SMILES string of the molecule is C[NH+](C)CCN(CC1CCC[NH+](C2Cc3ccccc3C2)C1)C(=O)c1ccc2ccccc2c1. The average Bonchev–Trinajstić information content (AvgIpc) is 3.30. The first kappa shape index (κ1) is 23.1. The summed E-state index contributed by atoms with van der Waals surface area (Å²) in [7, 11) is 4.34. The Balaban J connectivity index is 1.28. The third kappa shape index (κ3) is 5.18. The molecule has 5 rings (SSSR count). The minimum absolute atomic E-state index is 0.187. The quantitative estimate of drug-likeness (QED) is 0.558. The van der Waals surface area contributed by atoms with E-state index in [0.717, 1.165) is 30.6 Å². The predicted molar refractivity (Wildman–Crippen MR) is 139 cm³/mol. The maximum atomic E-state index is 13.7. The number of nitrogens with zero attached hydrogens (tertiary/aromatic N) is 1. The Morgan fingerprint density at radius 2 is 1.68 bits per heavy atom. The van der Waals surface area contributed by atoms with Gasteiger partial charge in [0.15, 0.2) is 0 Å². The average molecular weight is 458 g/mol. The van der Waals surface area contributed by atoms with E-state index >= 15 is 0 Å². The number of fused-ring (bicyclic) bond motifs is 2. The number of benzene rings is 3. The summed E-state index contributed by atoms with van der Waals surface area (Å²) < 4.78 is 0. The van der Waals surface area contributed by atoms with E-state index in [0.29, 0.717) is 12.0 Å². The number of piperidine rings is 1. The summed E-state index contributed by atoms with van der Waals surface area (Å²) in [4.78, 5) is 19.0. The van der Waals surface area contributed by atoms with Gasteiger partial charge in [-0.25, -0.2) is 0 Å². The molecule has 1 aliphatic heterocycles. The minimum atomic E-state index is 0.187. The lowest BCUT2D eigenvalue weighted by atomic mass is 9.95. The van der Waals surface area contributed by atoms with Crippen LogP contribution in [0.25, 0.3) is 10.8 Å². The number of amides is 1. The molecule has 2 N–H and O–H groups in total. The second-order valence-electron chi connectivity index (χ2n) is 10.8. The van der Waals surface area contributed by atoms with E-state index in [2.05, 4.69) is 73.6 Å². The van der Waals surface area contributed by atoms with Crippen LogP contribution in [0.15, 0.2) is 66.7 Å². The van der Waals surface area contributed by atoms with E-state index in [4.69, 9.17) is 0 Å². The van der Waals surface area contributed by atoms with Gasteiger partial charge >= 0.3 is 0 Å². The number of nitrogens with one attached hydrogen (secondary N) is 2. The van der Waals surface area contributed by atoms with E-state index in [9.17, 15) is 4.79 Å². The molecule has 2 aliphatic rings. The van der Waals surface area contributed by atoms with Crippen molar-refractivity contribution in [3.8, 4) is 0 Å². The third-order valence-electron chi connectivity index (χ3n) is 7.93. The van der Waals surface area contributed by atoms with Gasteiger partial charge in [-0.2, -0.15) is 0 Å². The summed E-state index contributed by atoms with van der Waals surface area (Å²) in [5.74, 6) is 0.765. The summed E-state index contributed by atoms with van der Waals surface area (Å²) in [6.07, 6.45) is 4.92. The topological polar surface area (TPSA) is 29.2 Å². The number of carbonyl (C=O) groups is 1. The van der Waals surface area contributed by atoms with Crippen LogP contribution in [0.4, 0.5) is 0 Å². The highest BCUT2D eigenvalue weighted by atomic mass is 16.2. The molecule has 4 nitrogen and oxygen atoms in total. The summed E-state index contributed by atoms with van der Waals surface area (Å²) >= 11 is 0. The van der Waals surface area contributed by atoms with E-state index in [1.54, 1.807) is 16.0 Å². The van der Waals surface area contributed by atoms with Crippen molar-refractivity contribution in [1.29, 1.82) is 0 Å². The van der Waals surface area contributed by atoms with Gasteiger partial charge in [-0.3, -0.25) is 4.79 Å². The van der Waals surface area contributed by atoms with E-state index in [-0.39, 0.29) is 5.91 Å². The molecule has 34 heavy (non-hydrogen) atoms. The van der Waals surface area contributed by atoms with Gasteiger partial charge < -0.3 is 14.7 Å². The van der Waals surface area contributed by atoms with Crippen molar-refractivity contribution in [3.63, 3.8) is 0 Å². The monoisotopic (exact) mass is 457 g/mol. The molecule has 1 aliphatic carbocycles. The molecule has 4 heteroatoms. The van der Waals surface area contributed by atoms with Gasteiger partial charge in [0.1, 0.15) is 0 Å². The molecule has 1 heterocycles. The molecule has 0 bridgehead atoms. The lowest BCUT2D eigenvalue weighted by Crippen LogP contribution is -3.17. The molecule has 0 radical (unpaired) electrons. The molecule has 0 saturated carbocycles. The number of rotatable bonds is 7. The van der Waals surface area contributed by atoms with Crippen LogP contribution in [0.2, 0.25) is 0 Å². The summed E-state index contributed by atoms with van der Waals surface area (Å²) in [6.45, 7) is 5.13. The number of hydrogen-bond acceptors (Lipinski definition) is 1. The van der Waals surface area contributed by atoms with Gasteiger partial charge in [0, 0.05) is 30.9 Å². The molecule has 0 aromatic heterocycles. The molecule has 1 amide bonds. The first-order chi connectivity index (χ1) is 16.6. The summed E-state index contributed by atoms with van der Waals surface area (Å²) in [5, 5.41) is 2.33. The van der Waals surface area contributed by atoms with Crippen molar-refractivity contribution in [2.24, 2.45) is 5.92 Å². The van der Waals surface area contributed by atoms with E-state index in [1.165, 1.54) is 49.1 Å². The smallest absolute Gasteiger partial charge is 0.254 e. The number of likely N-dealkylation sites (tertiary alicyclic amines) is 1. The second-order valence-corrected chi connectivity index (χ2v) is 10.8. The Labute approximate surface area is 204 Å². The molecular formula is C30H39N3O+2. The van der Waals surface area contributed by atoms with Crippen LogP contribution in [-0.4, -0.2) is 63.7 Å². The third-order valence-corrected chi connectivity index (χ3v) is 7.93. The number of quaternary nitrogens is 2. The van der Waals surface area contributed by atoms with Crippen molar-refractivity contribution >= 4 is 16.7 Å². The zero-order chi connectivity index (χ0) is 23.5. The lowest BCUT2D eigenvalue weighted by Gasteiger charge is -2.36. The van der Waals surface area contributed by atoms with Gasteiger partial charge in [0.2, 0.25) is 0 Å². The summed E-state index contributed by atoms with van der Waals surface area (Å²) in [6, 6.07) is 24.2. The van der Waals surface area contributed by atoms with Crippen molar-refractivity contribution in [3.05, 3.63) is 83.4 Å². The van der Waals surface area contributed by atoms with Crippen molar-refractivity contribution < 1.29 is 14.6 Å². The maximum absolute atomic E-state index is 13.7. The standard InChI is InChI=1S/C30H37N3O/c1-31(2)16-17-33(30(34)28-14-13-24-9-3-4-10-25(24)18-28)22-23-8-7-15-32(21-23)29-19-26-11-5-6-12-27(26)20-29/h3-6,9-14,18,23,29H,7-8,15-17,19-22H2,1-2H3/p+2. The predicted octanol–water partition coefficient (Wildman–Crippen LogP) is 1.89. The highest BCUT2D eigenvalue weighted by molar-refractivity contribution is 5.98. The first-order valence-corrected chi connectivity index (χ1v) is 13.1. The molecule has 1 saturated heterocycles. The normalized spacial score (nSPS) is 20.6. The van der Waals surface area contributed by atoms with Crippen molar-refractivity contribution in [2.45, 2.75) is 31.7 Å². The van der Waals surface area contributed by atoms with Crippen LogP contribution in [0.5, 0.6) is 0 Å². The molecule has 3 aromatic carbocycles. The molecular weight excluding hydrogens is 418 g/mol. The van der Waals surface area contributed by atoms with Crippen molar-refractivity contribution in [1.82, 2.24) is 4.90 Å². The molecule has 3 aromatic rings. The minimum Gasteiger partial charge on any atom is -0.338 e. The van der Waals surface area contributed by atoms with Gasteiger partial charge in [-0.05, 0) is 46.9 Å². The van der Waals surface area contributed by atoms with Crippen molar-refractivity contribution in [2.75, 3.05) is 46.8 Å². The Bertz CT molecular complexity index is 1120. The van der Waals surface area contributed by atoms with Gasteiger partial charge in [-0.1, -0.05) is 54.6 Å². The molecule has 178 valence electrons. The fourth-order valence-corrected chi connectivity index (χ4v) is 6.02. The van der Waals surface area contributed by atoms with E-state index < -0.39 is 0 Å². The number of likely N-dealkylation sites (N-methyl/N-ethyl adjacent to an activating group) is 1. The van der Waals surface area contributed by atoms with E-state index in [1.807, 2.05) is 12.1 Å². The largest absolute Gasteiger partial charge is 0.338 e. The molecule has 0 spiro atoms. The van der Waals surface area contributed by atoms with Gasteiger partial charge in [0.25, 0.3) is 5.91 Å². The zero-order valence-corrected chi connectivity index (χ0v) is 20.7. The number of carbonyl (C=O) groups excluding carboxylic acids is 1. The Morgan fingerprint density at radius 1 is 0.971 bits per heavy atom. The lowest BCUT2D eigenvalue weighted by molar-refractivity contribution is -0.932. The second kappa shape index (κ2) is 10.3. The van der Waals surface area contributed by atoms with Gasteiger partial charge in [-0.15, -0.1) is 0 Å². The first-order valence-electron chi connectivity index (χ1n) is 13.1. The van der Waals surface area contributed by atoms with Crippen LogP contribution in [0.3, 0.4) is 0 Å². The Hall–Kier alpha value is -2.69. The summed E-state index contributed by atoms with van der Waals surface area (Å²) in [5.41, 5.74) is 3.91. The fraction of sp³-hybridized carbons (Fsp3) is 0.433. The maximum Gasteiger partial charge on any atom is 0.254 e.